The van der Waals surface area contributed by atoms with Gasteiger partial charge in [0.2, 0.25) is 0 Å². The molecule has 2 saturated carbocycles. The number of hydrogen-bond donors (Lipinski definition) is 1. The van der Waals surface area contributed by atoms with Crippen LogP contribution in [0.4, 0.5) is 23.0 Å². The average molecular weight is 579 g/mol. The van der Waals surface area contributed by atoms with Crippen molar-refractivity contribution >= 4 is 23.0 Å². The highest BCUT2D eigenvalue weighted by Crippen LogP contribution is 2.40. The Morgan fingerprint density at radius 1 is 0.500 bits per heavy atom. The standard InChI is InChI=1S/C40H42N4/c41-39-25-19-33(27-42-39)37-13-7-8-14-38(37)34-20-26-40(43-28-34)44(35-21-15-31(16-22-35)29-9-3-1-4-10-29)36-23-17-32(18-24-36)30-11-5-2-6-12-30/h7-8,13-30H,1-6,9-12H2,(H2,41,42). The minimum atomic E-state index is 0.524. The van der Waals surface area contributed by atoms with E-state index in [1.54, 1.807) is 0 Å². The molecule has 0 saturated heterocycles. The molecule has 2 aliphatic carbocycles. The van der Waals surface area contributed by atoms with Gasteiger partial charge in [-0.05, 0) is 108 Å². The maximum absolute atomic E-state index is 5.86. The van der Waals surface area contributed by atoms with Gasteiger partial charge in [0.05, 0.1) is 0 Å². The van der Waals surface area contributed by atoms with E-state index in [1.807, 2.05) is 24.5 Å². The highest BCUT2D eigenvalue weighted by Gasteiger charge is 2.20. The van der Waals surface area contributed by atoms with Crippen LogP contribution in [0.2, 0.25) is 0 Å². The van der Waals surface area contributed by atoms with Crippen molar-refractivity contribution in [2.24, 2.45) is 0 Å². The number of anilines is 4. The second-order valence-electron chi connectivity index (χ2n) is 12.6. The van der Waals surface area contributed by atoms with Gasteiger partial charge in [0.15, 0.2) is 0 Å². The molecule has 0 bridgehead atoms. The summed E-state index contributed by atoms with van der Waals surface area (Å²) < 4.78 is 0. The van der Waals surface area contributed by atoms with Crippen LogP contribution in [0, 0.1) is 0 Å². The van der Waals surface area contributed by atoms with E-state index in [4.69, 9.17) is 10.7 Å². The van der Waals surface area contributed by atoms with Crippen LogP contribution in [0.5, 0.6) is 0 Å². The van der Waals surface area contributed by atoms with E-state index in [0.717, 1.165) is 39.4 Å². The minimum absolute atomic E-state index is 0.524. The van der Waals surface area contributed by atoms with Crippen molar-refractivity contribution in [3.8, 4) is 22.3 Å². The van der Waals surface area contributed by atoms with Gasteiger partial charge in [-0.25, -0.2) is 9.97 Å². The molecule has 0 amide bonds. The van der Waals surface area contributed by atoms with Gasteiger partial charge in [-0.15, -0.1) is 0 Å². The monoisotopic (exact) mass is 578 g/mol. The molecule has 44 heavy (non-hydrogen) atoms. The number of nitrogen functional groups attached to an aromatic ring is 1. The van der Waals surface area contributed by atoms with Crippen molar-refractivity contribution in [3.63, 3.8) is 0 Å². The summed E-state index contributed by atoms with van der Waals surface area (Å²) in [4.78, 5) is 11.7. The zero-order chi connectivity index (χ0) is 29.7. The Balaban J connectivity index is 1.22. The van der Waals surface area contributed by atoms with E-state index in [2.05, 4.69) is 94.8 Å². The van der Waals surface area contributed by atoms with E-state index >= 15 is 0 Å². The van der Waals surface area contributed by atoms with Gasteiger partial charge in [-0.3, -0.25) is 4.90 Å². The second-order valence-corrected chi connectivity index (χ2v) is 12.6. The molecule has 2 N–H and O–H groups in total. The molecule has 0 unspecified atom stereocenters. The van der Waals surface area contributed by atoms with Crippen LogP contribution in [-0.4, -0.2) is 9.97 Å². The Morgan fingerprint density at radius 3 is 1.41 bits per heavy atom. The van der Waals surface area contributed by atoms with Crippen molar-refractivity contribution < 1.29 is 0 Å². The molecule has 4 nitrogen and oxygen atoms in total. The molecular formula is C40H42N4. The predicted molar refractivity (Wildman–Crippen MR) is 184 cm³/mol. The first-order chi connectivity index (χ1) is 21.7. The lowest BCUT2D eigenvalue weighted by Crippen LogP contribution is -2.12. The number of hydrogen-bond acceptors (Lipinski definition) is 4. The Hall–Kier alpha value is -4.44. The molecule has 2 aromatic heterocycles. The molecule has 0 spiro atoms. The van der Waals surface area contributed by atoms with Gasteiger partial charge in [0, 0.05) is 34.9 Å². The fourth-order valence-corrected chi connectivity index (χ4v) is 7.31. The van der Waals surface area contributed by atoms with Gasteiger partial charge in [0.1, 0.15) is 11.6 Å². The molecule has 5 aromatic rings. The summed E-state index contributed by atoms with van der Waals surface area (Å²) in [5.74, 6) is 2.82. The summed E-state index contributed by atoms with van der Waals surface area (Å²) in [6.45, 7) is 0. The smallest absolute Gasteiger partial charge is 0.137 e. The second kappa shape index (κ2) is 13.1. The highest BCUT2D eigenvalue weighted by molar-refractivity contribution is 5.84. The van der Waals surface area contributed by atoms with Gasteiger partial charge < -0.3 is 5.73 Å². The zero-order valence-electron chi connectivity index (χ0n) is 25.5. The lowest BCUT2D eigenvalue weighted by molar-refractivity contribution is 0.443. The number of benzene rings is 3. The Morgan fingerprint density at radius 2 is 0.977 bits per heavy atom. The normalized spacial score (nSPS) is 16.1. The summed E-state index contributed by atoms with van der Waals surface area (Å²) >= 11 is 0. The maximum Gasteiger partial charge on any atom is 0.137 e. The first-order valence-electron chi connectivity index (χ1n) is 16.5. The minimum Gasteiger partial charge on any atom is -0.384 e. The van der Waals surface area contributed by atoms with Crippen LogP contribution in [-0.2, 0) is 0 Å². The Labute approximate surface area is 262 Å². The summed E-state index contributed by atoms with van der Waals surface area (Å²) in [6.07, 6.45) is 17.2. The van der Waals surface area contributed by atoms with Gasteiger partial charge in [0.25, 0.3) is 0 Å². The van der Waals surface area contributed by atoms with Crippen LogP contribution in [0.25, 0.3) is 22.3 Å². The summed E-state index contributed by atoms with van der Waals surface area (Å²) in [5.41, 5.74) is 15.4. The van der Waals surface area contributed by atoms with Crippen molar-refractivity contribution in [1.29, 1.82) is 0 Å². The summed E-state index contributed by atoms with van der Waals surface area (Å²) in [5, 5.41) is 0. The van der Waals surface area contributed by atoms with Crippen molar-refractivity contribution in [3.05, 3.63) is 121 Å². The van der Waals surface area contributed by atoms with E-state index in [-0.39, 0.29) is 0 Å². The van der Waals surface area contributed by atoms with Crippen LogP contribution < -0.4 is 10.6 Å². The van der Waals surface area contributed by atoms with E-state index in [0.29, 0.717) is 17.7 Å². The van der Waals surface area contributed by atoms with E-state index in [9.17, 15) is 0 Å². The topological polar surface area (TPSA) is 55.0 Å². The van der Waals surface area contributed by atoms with Crippen LogP contribution in [0.1, 0.15) is 87.2 Å². The number of nitrogens with two attached hydrogens (primary N) is 1. The first-order valence-corrected chi connectivity index (χ1v) is 16.5. The molecule has 0 aliphatic heterocycles. The van der Waals surface area contributed by atoms with Gasteiger partial charge >= 0.3 is 0 Å². The van der Waals surface area contributed by atoms with Crippen molar-refractivity contribution in [2.45, 2.75) is 76.0 Å². The number of pyridine rings is 2. The Bertz CT molecular complexity index is 1580. The van der Waals surface area contributed by atoms with E-state index in [1.165, 1.54) is 75.3 Å². The average Bonchev–Trinajstić information content (AvgIpc) is 3.10. The van der Waals surface area contributed by atoms with Crippen molar-refractivity contribution in [1.82, 2.24) is 9.97 Å². The molecule has 2 fully saturated rings. The Kier molecular flexibility index (Phi) is 8.41. The zero-order valence-corrected chi connectivity index (χ0v) is 25.5. The number of rotatable bonds is 7. The third-order valence-electron chi connectivity index (χ3n) is 9.77. The molecule has 0 radical (unpaired) electrons. The van der Waals surface area contributed by atoms with Crippen LogP contribution >= 0.6 is 0 Å². The molecule has 2 aliphatic rings. The van der Waals surface area contributed by atoms with Crippen LogP contribution in [0.3, 0.4) is 0 Å². The predicted octanol–water partition coefficient (Wildman–Crippen LogP) is 11.0. The number of aromatic nitrogens is 2. The lowest BCUT2D eigenvalue weighted by Gasteiger charge is -2.27. The van der Waals surface area contributed by atoms with Gasteiger partial charge in [-0.2, -0.15) is 0 Å². The fraction of sp³-hybridized carbons (Fsp3) is 0.300. The first kappa shape index (κ1) is 28.3. The third-order valence-corrected chi connectivity index (χ3v) is 9.77. The molecule has 7 rings (SSSR count). The molecule has 2 heterocycles. The lowest BCUT2D eigenvalue weighted by atomic mass is 9.84. The SMILES string of the molecule is Nc1ccc(-c2ccccc2-c2ccc(N(c3ccc(C4CCCCC4)cc3)c3ccc(C4CCCCC4)cc3)nc2)cn1. The van der Waals surface area contributed by atoms with E-state index < -0.39 is 0 Å². The number of nitrogens with zero attached hydrogens (tertiary/aromatic N) is 3. The summed E-state index contributed by atoms with van der Waals surface area (Å²) in [7, 11) is 0. The largest absolute Gasteiger partial charge is 0.384 e. The quantitative estimate of drug-likeness (QED) is 0.209. The fourth-order valence-electron chi connectivity index (χ4n) is 7.31. The van der Waals surface area contributed by atoms with Gasteiger partial charge in [-0.1, -0.05) is 87.1 Å². The maximum atomic E-state index is 5.86. The van der Waals surface area contributed by atoms with Crippen molar-refractivity contribution in [2.75, 3.05) is 10.6 Å². The highest BCUT2D eigenvalue weighted by atomic mass is 15.2. The molecule has 0 atom stereocenters. The molecular weight excluding hydrogens is 536 g/mol. The third kappa shape index (κ3) is 6.12. The molecule has 222 valence electrons. The van der Waals surface area contributed by atoms with Crippen LogP contribution in [0.15, 0.2) is 109 Å². The summed E-state index contributed by atoms with van der Waals surface area (Å²) in [6, 6.07) is 35.2. The molecule has 3 aromatic carbocycles. The molecule has 4 heteroatoms.